The van der Waals surface area contributed by atoms with Crippen LogP contribution in [0.1, 0.15) is 48.0 Å². The molecule has 2 aromatic carbocycles. The van der Waals surface area contributed by atoms with E-state index in [9.17, 15) is 4.79 Å². The second-order valence-corrected chi connectivity index (χ2v) is 8.10. The SMILES string of the molecule is Cc1ccc(-c2ccc(C=NNC(=O)c3ccc(C(C)(C)C)cc3)o2)cc1Cl. The number of nitrogens with zero attached hydrogens (tertiary/aromatic N) is 1. The van der Waals surface area contributed by atoms with Gasteiger partial charge < -0.3 is 4.42 Å². The van der Waals surface area contributed by atoms with Crippen molar-refractivity contribution in [1.29, 1.82) is 0 Å². The van der Waals surface area contributed by atoms with Crippen LogP contribution in [-0.2, 0) is 5.41 Å². The Hall–Kier alpha value is -2.85. The van der Waals surface area contributed by atoms with Gasteiger partial charge in [0.1, 0.15) is 11.5 Å². The van der Waals surface area contributed by atoms with Gasteiger partial charge in [0.25, 0.3) is 5.91 Å². The standard InChI is InChI=1S/C23H23ClN2O2/c1-15-5-6-17(13-20(15)24)21-12-11-19(28-21)14-25-26-22(27)16-7-9-18(10-8-16)23(2,3)4/h5-14H,1-4H3,(H,26,27). The zero-order valence-electron chi connectivity index (χ0n) is 16.4. The highest BCUT2D eigenvalue weighted by Crippen LogP contribution is 2.26. The Kier molecular flexibility index (Phi) is 5.71. The van der Waals surface area contributed by atoms with Crippen LogP contribution in [0.25, 0.3) is 11.3 Å². The van der Waals surface area contributed by atoms with Crippen LogP contribution >= 0.6 is 11.6 Å². The van der Waals surface area contributed by atoms with Crippen LogP contribution in [-0.4, -0.2) is 12.1 Å². The Morgan fingerprint density at radius 3 is 2.43 bits per heavy atom. The molecule has 0 aliphatic rings. The topological polar surface area (TPSA) is 54.6 Å². The molecular weight excluding hydrogens is 372 g/mol. The molecule has 0 fully saturated rings. The van der Waals surface area contributed by atoms with Crippen molar-refractivity contribution in [3.05, 3.63) is 82.1 Å². The third-order valence-electron chi connectivity index (χ3n) is 4.45. The van der Waals surface area contributed by atoms with Crippen molar-refractivity contribution in [2.45, 2.75) is 33.1 Å². The van der Waals surface area contributed by atoms with E-state index in [1.165, 1.54) is 11.8 Å². The van der Waals surface area contributed by atoms with Crippen LogP contribution in [0.5, 0.6) is 0 Å². The van der Waals surface area contributed by atoms with Crippen LogP contribution in [0, 0.1) is 6.92 Å². The minimum Gasteiger partial charge on any atom is -0.455 e. The fraction of sp³-hybridized carbons (Fsp3) is 0.217. The number of aryl methyl sites for hydroxylation is 1. The molecule has 1 N–H and O–H groups in total. The van der Waals surface area contributed by atoms with Gasteiger partial charge in [-0.15, -0.1) is 0 Å². The maximum Gasteiger partial charge on any atom is 0.271 e. The number of hydrogen-bond donors (Lipinski definition) is 1. The molecule has 0 aliphatic carbocycles. The van der Waals surface area contributed by atoms with E-state index in [-0.39, 0.29) is 11.3 Å². The molecule has 0 aliphatic heterocycles. The zero-order valence-corrected chi connectivity index (χ0v) is 17.2. The van der Waals surface area contributed by atoms with E-state index in [1.807, 2.05) is 43.3 Å². The quantitative estimate of drug-likeness (QED) is 0.437. The molecule has 3 aromatic rings. The third kappa shape index (κ3) is 4.70. The second-order valence-electron chi connectivity index (χ2n) is 7.69. The van der Waals surface area contributed by atoms with Crippen LogP contribution in [0.15, 0.2) is 64.1 Å². The molecule has 4 nitrogen and oxygen atoms in total. The van der Waals surface area contributed by atoms with Crippen LogP contribution in [0.4, 0.5) is 0 Å². The van der Waals surface area contributed by atoms with Crippen molar-refractivity contribution < 1.29 is 9.21 Å². The number of halogens is 1. The maximum atomic E-state index is 12.2. The molecule has 1 heterocycles. The first-order valence-corrected chi connectivity index (χ1v) is 9.42. The average Bonchev–Trinajstić information content (AvgIpc) is 3.12. The Morgan fingerprint density at radius 1 is 1.07 bits per heavy atom. The van der Waals surface area contributed by atoms with Gasteiger partial charge in [-0.1, -0.05) is 56.6 Å². The number of nitrogens with one attached hydrogen (secondary N) is 1. The molecule has 0 bridgehead atoms. The van der Waals surface area contributed by atoms with E-state index in [2.05, 4.69) is 31.3 Å². The number of furan rings is 1. The minimum absolute atomic E-state index is 0.0475. The largest absolute Gasteiger partial charge is 0.455 e. The molecule has 0 spiro atoms. The molecule has 144 valence electrons. The molecule has 0 radical (unpaired) electrons. The fourth-order valence-corrected chi connectivity index (χ4v) is 2.84. The summed E-state index contributed by atoms with van der Waals surface area (Å²) in [6.07, 6.45) is 1.47. The van der Waals surface area contributed by atoms with Crippen LogP contribution in [0.3, 0.4) is 0 Å². The molecule has 5 heteroatoms. The summed E-state index contributed by atoms with van der Waals surface area (Å²) >= 11 is 6.17. The second kappa shape index (κ2) is 8.03. The van der Waals surface area contributed by atoms with Gasteiger partial charge in [0.15, 0.2) is 0 Å². The first kappa shape index (κ1) is 19.9. The summed E-state index contributed by atoms with van der Waals surface area (Å²) in [7, 11) is 0. The zero-order chi connectivity index (χ0) is 20.3. The van der Waals surface area contributed by atoms with Gasteiger partial charge in [-0.2, -0.15) is 5.10 Å². The lowest BCUT2D eigenvalue weighted by atomic mass is 9.87. The highest BCUT2D eigenvalue weighted by atomic mass is 35.5. The molecule has 0 atom stereocenters. The smallest absolute Gasteiger partial charge is 0.271 e. The number of amides is 1. The molecule has 1 aromatic heterocycles. The average molecular weight is 395 g/mol. The fourth-order valence-electron chi connectivity index (χ4n) is 2.66. The summed E-state index contributed by atoms with van der Waals surface area (Å²) in [5, 5.41) is 4.67. The van der Waals surface area contributed by atoms with E-state index in [0.717, 1.165) is 11.1 Å². The lowest BCUT2D eigenvalue weighted by molar-refractivity contribution is 0.0955. The maximum absolute atomic E-state index is 12.2. The molecule has 0 unspecified atom stereocenters. The van der Waals surface area contributed by atoms with Gasteiger partial charge >= 0.3 is 0 Å². The van der Waals surface area contributed by atoms with Gasteiger partial charge in [0.2, 0.25) is 0 Å². The Bertz CT molecular complexity index is 1010. The summed E-state index contributed by atoms with van der Waals surface area (Å²) in [6.45, 7) is 8.35. The van der Waals surface area contributed by atoms with Crippen molar-refractivity contribution in [3.63, 3.8) is 0 Å². The Morgan fingerprint density at radius 2 is 1.79 bits per heavy atom. The van der Waals surface area contributed by atoms with Gasteiger partial charge in [-0.05, 0) is 53.8 Å². The highest BCUT2D eigenvalue weighted by Gasteiger charge is 2.14. The van der Waals surface area contributed by atoms with Crippen molar-refractivity contribution >= 4 is 23.7 Å². The number of rotatable bonds is 4. The monoisotopic (exact) mass is 394 g/mol. The number of carbonyl (C=O) groups excluding carboxylic acids is 1. The molecular formula is C23H23ClN2O2. The van der Waals surface area contributed by atoms with Gasteiger partial charge in [0, 0.05) is 16.1 Å². The van der Waals surface area contributed by atoms with E-state index >= 15 is 0 Å². The van der Waals surface area contributed by atoms with E-state index in [1.54, 1.807) is 18.2 Å². The van der Waals surface area contributed by atoms with Crippen molar-refractivity contribution in [3.8, 4) is 11.3 Å². The van der Waals surface area contributed by atoms with Crippen molar-refractivity contribution in [1.82, 2.24) is 5.43 Å². The Labute approximate surface area is 170 Å². The van der Waals surface area contributed by atoms with Crippen molar-refractivity contribution in [2.24, 2.45) is 5.10 Å². The van der Waals surface area contributed by atoms with Crippen LogP contribution < -0.4 is 5.43 Å². The summed E-state index contributed by atoms with van der Waals surface area (Å²) < 4.78 is 5.75. The summed E-state index contributed by atoms with van der Waals surface area (Å²) in [5.41, 5.74) is 6.19. The Balaban J connectivity index is 1.64. The third-order valence-corrected chi connectivity index (χ3v) is 4.86. The lowest BCUT2D eigenvalue weighted by Gasteiger charge is -2.18. The minimum atomic E-state index is -0.270. The predicted octanol–water partition coefficient (Wildman–Crippen LogP) is 5.97. The molecule has 0 saturated heterocycles. The first-order chi connectivity index (χ1) is 13.2. The van der Waals surface area contributed by atoms with Crippen molar-refractivity contribution in [2.75, 3.05) is 0 Å². The molecule has 1 amide bonds. The molecule has 0 saturated carbocycles. The molecule has 28 heavy (non-hydrogen) atoms. The number of benzene rings is 2. The summed E-state index contributed by atoms with van der Waals surface area (Å²) in [6, 6.07) is 16.9. The van der Waals surface area contributed by atoms with E-state index < -0.39 is 0 Å². The van der Waals surface area contributed by atoms with Gasteiger partial charge in [-0.3, -0.25) is 4.79 Å². The van der Waals surface area contributed by atoms with E-state index in [0.29, 0.717) is 22.1 Å². The van der Waals surface area contributed by atoms with Gasteiger partial charge in [0.05, 0.1) is 6.21 Å². The predicted molar refractivity (Wildman–Crippen MR) is 114 cm³/mol. The highest BCUT2D eigenvalue weighted by molar-refractivity contribution is 6.31. The van der Waals surface area contributed by atoms with E-state index in [4.69, 9.17) is 16.0 Å². The van der Waals surface area contributed by atoms with Crippen LogP contribution in [0.2, 0.25) is 5.02 Å². The van der Waals surface area contributed by atoms with Gasteiger partial charge in [-0.25, -0.2) is 5.43 Å². The molecule has 3 rings (SSSR count). The lowest BCUT2D eigenvalue weighted by Crippen LogP contribution is -2.18. The number of carbonyl (C=O) groups is 1. The first-order valence-electron chi connectivity index (χ1n) is 9.04. The number of hydrogen-bond acceptors (Lipinski definition) is 3. The normalized spacial score (nSPS) is 11.8. The summed E-state index contributed by atoms with van der Waals surface area (Å²) in [5.74, 6) is 0.955. The summed E-state index contributed by atoms with van der Waals surface area (Å²) in [4.78, 5) is 12.2. The number of hydrazone groups is 1.